The van der Waals surface area contributed by atoms with Gasteiger partial charge in [0.05, 0.1) is 5.69 Å². The van der Waals surface area contributed by atoms with Crippen LogP contribution < -0.4 is 9.64 Å². The third-order valence-corrected chi connectivity index (χ3v) is 5.07. The van der Waals surface area contributed by atoms with E-state index in [1.165, 1.54) is 4.90 Å². The summed E-state index contributed by atoms with van der Waals surface area (Å²) in [5.74, 6) is 1.08. The zero-order valence-electron chi connectivity index (χ0n) is 14.8. The minimum Gasteiger partial charge on any atom is -0.482 e. The topological polar surface area (TPSA) is 66.9 Å². The van der Waals surface area contributed by atoms with E-state index in [9.17, 15) is 14.4 Å². The summed E-state index contributed by atoms with van der Waals surface area (Å²) < 4.78 is 5.36. The summed E-state index contributed by atoms with van der Waals surface area (Å²) in [6.07, 6.45) is 2.48. The molecule has 1 aromatic carbocycles. The Morgan fingerprint density at radius 3 is 2.64 bits per heavy atom. The van der Waals surface area contributed by atoms with E-state index in [4.69, 9.17) is 4.74 Å². The van der Waals surface area contributed by atoms with Crippen molar-refractivity contribution < 1.29 is 19.1 Å². The average Bonchev–Trinajstić information content (AvgIpc) is 2.63. The summed E-state index contributed by atoms with van der Waals surface area (Å²) >= 11 is 0. The predicted octanol–water partition coefficient (Wildman–Crippen LogP) is 2.26. The van der Waals surface area contributed by atoms with Crippen molar-refractivity contribution in [3.05, 3.63) is 23.8 Å². The predicted molar refractivity (Wildman–Crippen MR) is 93.9 cm³/mol. The largest absolute Gasteiger partial charge is 0.482 e. The minimum atomic E-state index is -0.147. The highest BCUT2D eigenvalue weighted by molar-refractivity contribution is 6.02. The molecule has 6 nitrogen and oxygen atoms in total. The second-order valence-corrected chi connectivity index (χ2v) is 6.91. The maximum Gasteiger partial charge on any atom is 0.264 e. The van der Waals surface area contributed by atoms with Crippen molar-refractivity contribution >= 4 is 23.3 Å². The smallest absolute Gasteiger partial charge is 0.264 e. The zero-order chi connectivity index (χ0) is 18.0. The van der Waals surface area contributed by atoms with Crippen LogP contribution in [0.25, 0.3) is 0 Å². The molecule has 1 aromatic rings. The zero-order valence-corrected chi connectivity index (χ0v) is 14.8. The lowest BCUT2D eigenvalue weighted by molar-refractivity contribution is -0.132. The van der Waals surface area contributed by atoms with Gasteiger partial charge in [-0.3, -0.25) is 14.4 Å². The summed E-state index contributed by atoms with van der Waals surface area (Å²) in [4.78, 5) is 39.8. The molecule has 0 N–H and O–H groups in total. The number of rotatable bonds is 4. The third kappa shape index (κ3) is 3.83. The third-order valence-electron chi connectivity index (χ3n) is 5.07. The van der Waals surface area contributed by atoms with Crippen LogP contribution in [0, 0.1) is 5.92 Å². The first-order chi connectivity index (χ1) is 12.0. The van der Waals surface area contributed by atoms with Gasteiger partial charge in [0.25, 0.3) is 5.91 Å². The number of Topliss-reactive ketones (excluding diaryl/α,β-unsaturated/α-hetero) is 1. The van der Waals surface area contributed by atoms with Crippen LogP contribution in [-0.4, -0.2) is 49.2 Å². The molecule has 0 saturated carbocycles. The fourth-order valence-corrected chi connectivity index (χ4v) is 3.23. The number of likely N-dealkylation sites (tertiary alicyclic amines) is 1. The number of hydrogen-bond donors (Lipinski definition) is 0. The number of hydrogen-bond acceptors (Lipinski definition) is 4. The molecular weight excluding hydrogens is 320 g/mol. The van der Waals surface area contributed by atoms with Crippen molar-refractivity contribution in [2.24, 2.45) is 5.92 Å². The van der Waals surface area contributed by atoms with E-state index in [2.05, 4.69) is 6.92 Å². The van der Waals surface area contributed by atoms with E-state index in [0.29, 0.717) is 22.9 Å². The first-order valence-electron chi connectivity index (χ1n) is 8.80. The molecule has 0 unspecified atom stereocenters. The number of amides is 2. The molecule has 2 aliphatic rings. The summed E-state index contributed by atoms with van der Waals surface area (Å²) in [6, 6.07) is 5.07. The average molecular weight is 344 g/mol. The van der Waals surface area contributed by atoms with Gasteiger partial charge in [-0.15, -0.1) is 0 Å². The van der Waals surface area contributed by atoms with Gasteiger partial charge in [-0.2, -0.15) is 0 Å². The molecule has 0 radical (unpaired) electrons. The molecule has 0 atom stereocenters. The number of carbonyl (C=O) groups is 3. The van der Waals surface area contributed by atoms with E-state index in [-0.39, 0.29) is 37.0 Å². The molecule has 2 heterocycles. The van der Waals surface area contributed by atoms with E-state index >= 15 is 0 Å². The number of ether oxygens (including phenoxy) is 1. The monoisotopic (exact) mass is 344 g/mol. The number of piperidine rings is 1. The highest BCUT2D eigenvalue weighted by Gasteiger charge is 2.24. The number of anilines is 1. The van der Waals surface area contributed by atoms with Gasteiger partial charge in [-0.05, 0) is 37.0 Å². The highest BCUT2D eigenvalue weighted by atomic mass is 16.5. The lowest BCUT2D eigenvalue weighted by atomic mass is 9.98. The second kappa shape index (κ2) is 7.25. The maximum absolute atomic E-state index is 12.4. The molecule has 0 aromatic heterocycles. The van der Waals surface area contributed by atoms with Crippen LogP contribution in [-0.2, 0) is 9.59 Å². The Morgan fingerprint density at radius 1 is 1.20 bits per heavy atom. The first kappa shape index (κ1) is 17.5. The fourth-order valence-electron chi connectivity index (χ4n) is 3.23. The Labute approximate surface area is 147 Å². The van der Waals surface area contributed by atoms with Crippen LogP contribution in [0.4, 0.5) is 5.69 Å². The van der Waals surface area contributed by atoms with Crippen LogP contribution in [0.2, 0.25) is 0 Å². The van der Waals surface area contributed by atoms with Crippen molar-refractivity contribution in [2.75, 3.05) is 31.6 Å². The number of ketones is 1. The standard InChI is InChI=1S/C19H24N2O4/c1-13-7-9-21(10-8-13)18(23)6-4-16(22)14-3-5-17-15(11-14)20(2)19(24)12-25-17/h3,5,11,13H,4,6-10,12H2,1-2H3. The molecule has 134 valence electrons. The van der Waals surface area contributed by atoms with Crippen LogP contribution in [0.15, 0.2) is 18.2 Å². The molecule has 0 aliphatic carbocycles. The second-order valence-electron chi connectivity index (χ2n) is 6.91. The lowest BCUT2D eigenvalue weighted by Crippen LogP contribution is -2.38. The van der Waals surface area contributed by atoms with Crippen molar-refractivity contribution in [3.8, 4) is 5.75 Å². The first-order valence-corrected chi connectivity index (χ1v) is 8.80. The van der Waals surface area contributed by atoms with Gasteiger partial charge in [0.1, 0.15) is 5.75 Å². The van der Waals surface area contributed by atoms with Crippen LogP contribution in [0.3, 0.4) is 0 Å². The summed E-state index contributed by atoms with van der Waals surface area (Å²) in [7, 11) is 1.67. The fraction of sp³-hybridized carbons (Fsp3) is 0.526. The Balaban J connectivity index is 1.60. The molecule has 0 spiro atoms. The Hall–Kier alpha value is -2.37. The molecule has 0 bridgehead atoms. The summed E-state index contributed by atoms with van der Waals surface area (Å²) in [6.45, 7) is 3.79. The number of likely N-dealkylation sites (N-methyl/N-ethyl adjacent to an activating group) is 1. The Morgan fingerprint density at radius 2 is 1.92 bits per heavy atom. The number of carbonyl (C=O) groups excluding carboxylic acids is 3. The van der Waals surface area contributed by atoms with E-state index in [1.54, 1.807) is 25.2 Å². The number of fused-ring (bicyclic) bond motifs is 1. The quantitative estimate of drug-likeness (QED) is 0.786. The van der Waals surface area contributed by atoms with Gasteiger partial charge in [0.15, 0.2) is 12.4 Å². The van der Waals surface area contributed by atoms with E-state index in [0.717, 1.165) is 25.9 Å². The summed E-state index contributed by atoms with van der Waals surface area (Å²) in [5, 5.41) is 0. The van der Waals surface area contributed by atoms with E-state index < -0.39 is 0 Å². The van der Waals surface area contributed by atoms with Gasteiger partial charge in [0, 0.05) is 38.5 Å². The van der Waals surface area contributed by atoms with Crippen molar-refractivity contribution in [2.45, 2.75) is 32.6 Å². The molecule has 1 saturated heterocycles. The van der Waals surface area contributed by atoms with Crippen molar-refractivity contribution in [3.63, 3.8) is 0 Å². The molecule has 6 heteroatoms. The molecule has 1 fully saturated rings. The molecule has 2 amide bonds. The van der Waals surface area contributed by atoms with Gasteiger partial charge < -0.3 is 14.5 Å². The molecule has 3 rings (SSSR count). The summed E-state index contributed by atoms with van der Waals surface area (Å²) in [5.41, 5.74) is 1.10. The molecule has 2 aliphatic heterocycles. The molecular formula is C19H24N2O4. The highest BCUT2D eigenvalue weighted by Crippen LogP contribution is 2.32. The van der Waals surface area contributed by atoms with Gasteiger partial charge in [-0.1, -0.05) is 6.92 Å². The Bertz CT molecular complexity index is 693. The Kier molecular flexibility index (Phi) is 5.06. The van der Waals surface area contributed by atoms with Crippen LogP contribution in [0.1, 0.15) is 43.0 Å². The minimum absolute atomic E-state index is 0.0136. The number of benzene rings is 1. The number of nitrogens with zero attached hydrogens (tertiary/aromatic N) is 2. The van der Waals surface area contributed by atoms with Crippen molar-refractivity contribution in [1.82, 2.24) is 4.90 Å². The van der Waals surface area contributed by atoms with Gasteiger partial charge >= 0.3 is 0 Å². The van der Waals surface area contributed by atoms with Crippen LogP contribution >= 0.6 is 0 Å². The van der Waals surface area contributed by atoms with Crippen LogP contribution in [0.5, 0.6) is 5.75 Å². The SMILES string of the molecule is CC1CCN(C(=O)CCC(=O)c2ccc3c(c2)N(C)C(=O)CO3)CC1. The van der Waals surface area contributed by atoms with Gasteiger partial charge in [0.2, 0.25) is 5.91 Å². The lowest BCUT2D eigenvalue weighted by Gasteiger charge is -2.30. The molecule has 25 heavy (non-hydrogen) atoms. The normalized spacial score (nSPS) is 17.9. The van der Waals surface area contributed by atoms with Gasteiger partial charge in [-0.25, -0.2) is 0 Å². The maximum atomic E-state index is 12.4. The van der Waals surface area contributed by atoms with E-state index in [1.807, 2.05) is 4.90 Å². The van der Waals surface area contributed by atoms with Crippen molar-refractivity contribution in [1.29, 1.82) is 0 Å².